The van der Waals surface area contributed by atoms with Gasteiger partial charge in [-0.1, -0.05) is 12.1 Å². The quantitative estimate of drug-likeness (QED) is 0.801. The van der Waals surface area contributed by atoms with Crippen LogP contribution in [-0.2, 0) is 4.74 Å². The van der Waals surface area contributed by atoms with E-state index < -0.39 is 0 Å². The van der Waals surface area contributed by atoms with Gasteiger partial charge in [-0.3, -0.25) is 4.79 Å². The van der Waals surface area contributed by atoms with E-state index in [9.17, 15) is 4.79 Å². The molecule has 2 aromatic rings. The smallest absolute Gasteiger partial charge is 0.275 e. The Labute approximate surface area is 129 Å². The Balaban J connectivity index is 2.02. The van der Waals surface area contributed by atoms with Gasteiger partial charge in [-0.25, -0.2) is 9.97 Å². The monoisotopic (exact) mass is 300 g/mol. The molecule has 0 unspecified atom stereocenters. The fraction of sp³-hybridized carbons (Fsp3) is 0.312. The Bertz CT molecular complexity index is 641. The molecule has 116 valence electrons. The number of aryl methyl sites for hydroxylation is 1. The van der Waals surface area contributed by atoms with Crippen LogP contribution < -0.4 is 10.6 Å². The van der Waals surface area contributed by atoms with Gasteiger partial charge in [0.2, 0.25) is 0 Å². The lowest BCUT2D eigenvalue weighted by Crippen LogP contribution is -2.16. The molecule has 0 aliphatic carbocycles. The fourth-order valence-corrected chi connectivity index (χ4v) is 1.89. The molecule has 6 heteroatoms. The molecule has 2 rings (SSSR count). The summed E-state index contributed by atoms with van der Waals surface area (Å²) >= 11 is 0. The first kappa shape index (κ1) is 15.9. The van der Waals surface area contributed by atoms with Crippen LogP contribution in [-0.4, -0.2) is 36.1 Å². The van der Waals surface area contributed by atoms with E-state index in [1.165, 1.54) is 12.4 Å². The number of aromatic nitrogens is 2. The Kier molecular flexibility index (Phi) is 5.43. The van der Waals surface area contributed by atoms with Crippen LogP contribution in [0.4, 0.5) is 11.5 Å². The highest BCUT2D eigenvalue weighted by molar-refractivity contribution is 6.03. The molecule has 0 saturated heterocycles. The predicted molar refractivity (Wildman–Crippen MR) is 86.3 cm³/mol. The number of nitrogens with one attached hydrogen (secondary N) is 2. The number of carbonyl (C=O) groups excluding carboxylic acids is 1. The van der Waals surface area contributed by atoms with Crippen LogP contribution in [0.25, 0.3) is 0 Å². The van der Waals surface area contributed by atoms with E-state index in [1.54, 1.807) is 7.11 Å². The summed E-state index contributed by atoms with van der Waals surface area (Å²) in [7, 11) is 1.63. The highest BCUT2D eigenvalue weighted by Gasteiger charge is 2.10. The van der Waals surface area contributed by atoms with E-state index in [0.717, 1.165) is 16.8 Å². The number of amides is 1. The van der Waals surface area contributed by atoms with Crippen LogP contribution in [0.15, 0.2) is 30.6 Å². The van der Waals surface area contributed by atoms with E-state index in [4.69, 9.17) is 4.74 Å². The van der Waals surface area contributed by atoms with Crippen molar-refractivity contribution in [3.63, 3.8) is 0 Å². The molecule has 22 heavy (non-hydrogen) atoms. The third-order valence-corrected chi connectivity index (χ3v) is 3.35. The maximum absolute atomic E-state index is 12.2. The van der Waals surface area contributed by atoms with Crippen molar-refractivity contribution in [1.82, 2.24) is 9.97 Å². The zero-order valence-electron chi connectivity index (χ0n) is 13.0. The highest BCUT2D eigenvalue weighted by Crippen LogP contribution is 2.18. The van der Waals surface area contributed by atoms with Crippen molar-refractivity contribution in [2.75, 3.05) is 30.9 Å². The van der Waals surface area contributed by atoms with Gasteiger partial charge >= 0.3 is 0 Å². The first-order chi connectivity index (χ1) is 10.6. The third-order valence-electron chi connectivity index (χ3n) is 3.35. The number of rotatable bonds is 6. The van der Waals surface area contributed by atoms with E-state index in [1.807, 2.05) is 32.0 Å². The molecule has 1 aromatic carbocycles. The van der Waals surface area contributed by atoms with E-state index >= 15 is 0 Å². The average molecular weight is 300 g/mol. The lowest BCUT2D eigenvalue weighted by atomic mass is 10.1. The fourth-order valence-electron chi connectivity index (χ4n) is 1.89. The SMILES string of the molecule is COCCNc1cnc(C(=O)Nc2cccc(C)c2C)cn1. The summed E-state index contributed by atoms with van der Waals surface area (Å²) in [5, 5.41) is 5.90. The first-order valence-electron chi connectivity index (χ1n) is 7.04. The summed E-state index contributed by atoms with van der Waals surface area (Å²) < 4.78 is 4.94. The van der Waals surface area contributed by atoms with Crippen molar-refractivity contribution in [3.8, 4) is 0 Å². The van der Waals surface area contributed by atoms with Gasteiger partial charge in [-0.2, -0.15) is 0 Å². The van der Waals surface area contributed by atoms with Crippen molar-refractivity contribution in [3.05, 3.63) is 47.4 Å². The number of ether oxygens (including phenoxy) is 1. The number of hydrogen-bond donors (Lipinski definition) is 2. The van der Waals surface area contributed by atoms with Crippen LogP contribution in [0.3, 0.4) is 0 Å². The molecule has 1 amide bonds. The molecule has 0 fully saturated rings. The zero-order chi connectivity index (χ0) is 15.9. The second-order valence-electron chi connectivity index (χ2n) is 4.91. The van der Waals surface area contributed by atoms with Gasteiger partial charge in [0.25, 0.3) is 5.91 Å². The number of benzene rings is 1. The number of hydrogen-bond acceptors (Lipinski definition) is 5. The first-order valence-corrected chi connectivity index (χ1v) is 7.04. The Morgan fingerprint density at radius 2 is 2.05 bits per heavy atom. The Hall–Kier alpha value is -2.47. The van der Waals surface area contributed by atoms with Crippen LogP contribution >= 0.6 is 0 Å². The summed E-state index contributed by atoms with van der Waals surface area (Å²) in [4.78, 5) is 20.5. The van der Waals surface area contributed by atoms with Crippen LogP contribution in [0.2, 0.25) is 0 Å². The van der Waals surface area contributed by atoms with E-state index in [-0.39, 0.29) is 11.6 Å². The van der Waals surface area contributed by atoms with Crippen molar-refractivity contribution in [2.24, 2.45) is 0 Å². The summed E-state index contributed by atoms with van der Waals surface area (Å²) in [5.41, 5.74) is 3.23. The second-order valence-corrected chi connectivity index (χ2v) is 4.91. The van der Waals surface area contributed by atoms with Crippen molar-refractivity contribution in [2.45, 2.75) is 13.8 Å². The van der Waals surface area contributed by atoms with Crippen LogP contribution in [0.1, 0.15) is 21.6 Å². The largest absolute Gasteiger partial charge is 0.383 e. The van der Waals surface area contributed by atoms with Crippen molar-refractivity contribution < 1.29 is 9.53 Å². The molecule has 0 spiro atoms. The molecule has 0 saturated carbocycles. The molecular formula is C16H20N4O2. The lowest BCUT2D eigenvalue weighted by Gasteiger charge is -2.10. The summed E-state index contributed by atoms with van der Waals surface area (Å²) in [6.45, 7) is 5.19. The average Bonchev–Trinajstić information content (AvgIpc) is 2.53. The summed E-state index contributed by atoms with van der Waals surface area (Å²) in [5.74, 6) is 0.338. The molecular weight excluding hydrogens is 280 g/mol. The topological polar surface area (TPSA) is 76.1 Å². The molecule has 0 aliphatic rings. The number of anilines is 2. The molecule has 1 heterocycles. The molecule has 6 nitrogen and oxygen atoms in total. The van der Waals surface area contributed by atoms with Crippen molar-refractivity contribution >= 4 is 17.4 Å². The number of nitrogens with zero attached hydrogens (tertiary/aromatic N) is 2. The maximum Gasteiger partial charge on any atom is 0.275 e. The second kappa shape index (κ2) is 7.51. The zero-order valence-corrected chi connectivity index (χ0v) is 13.0. The number of methoxy groups -OCH3 is 1. The van der Waals surface area contributed by atoms with Crippen LogP contribution in [0, 0.1) is 13.8 Å². The number of carbonyl (C=O) groups is 1. The van der Waals surface area contributed by atoms with Gasteiger partial charge in [0.15, 0.2) is 0 Å². The lowest BCUT2D eigenvalue weighted by molar-refractivity contribution is 0.102. The van der Waals surface area contributed by atoms with E-state index in [2.05, 4.69) is 20.6 Å². The molecule has 0 aliphatic heterocycles. The van der Waals surface area contributed by atoms with Gasteiger partial charge in [0, 0.05) is 19.3 Å². The van der Waals surface area contributed by atoms with E-state index in [0.29, 0.717) is 19.0 Å². The molecule has 0 radical (unpaired) electrons. The normalized spacial score (nSPS) is 10.3. The Morgan fingerprint density at radius 3 is 2.73 bits per heavy atom. The molecule has 0 atom stereocenters. The predicted octanol–water partition coefficient (Wildman–Crippen LogP) is 2.40. The maximum atomic E-state index is 12.2. The van der Waals surface area contributed by atoms with Gasteiger partial charge in [-0.15, -0.1) is 0 Å². The van der Waals surface area contributed by atoms with Crippen molar-refractivity contribution in [1.29, 1.82) is 0 Å². The van der Waals surface area contributed by atoms with Gasteiger partial charge < -0.3 is 15.4 Å². The minimum atomic E-state index is -0.273. The molecule has 2 N–H and O–H groups in total. The highest BCUT2D eigenvalue weighted by atomic mass is 16.5. The summed E-state index contributed by atoms with van der Waals surface area (Å²) in [6.07, 6.45) is 2.99. The standard InChI is InChI=1S/C16H20N4O2/c1-11-5-4-6-13(12(11)2)20-16(21)14-9-19-15(10-18-14)17-7-8-22-3/h4-6,9-10H,7-8H2,1-3H3,(H,17,19)(H,20,21). The third kappa shape index (κ3) is 4.02. The minimum Gasteiger partial charge on any atom is -0.383 e. The van der Waals surface area contributed by atoms with Gasteiger partial charge in [0.05, 0.1) is 19.0 Å². The van der Waals surface area contributed by atoms with Gasteiger partial charge in [-0.05, 0) is 31.0 Å². The molecule has 0 bridgehead atoms. The van der Waals surface area contributed by atoms with Crippen LogP contribution in [0.5, 0.6) is 0 Å². The Morgan fingerprint density at radius 1 is 1.23 bits per heavy atom. The summed E-state index contributed by atoms with van der Waals surface area (Å²) in [6, 6.07) is 5.78. The van der Waals surface area contributed by atoms with Gasteiger partial charge in [0.1, 0.15) is 11.5 Å². The molecule has 1 aromatic heterocycles. The minimum absolute atomic E-state index is 0.273.